The fourth-order valence-electron chi connectivity index (χ4n) is 5.39. The zero-order valence-electron chi connectivity index (χ0n) is 20.8. The Kier molecular flexibility index (Phi) is 5.77. The molecule has 1 aliphatic carbocycles. The number of unbranched alkanes of at least 4 members (excludes halogenated alkanes) is 1. The number of nitrogens with zero attached hydrogens (tertiary/aromatic N) is 1. The zero-order valence-corrected chi connectivity index (χ0v) is 20.8. The first kappa shape index (κ1) is 22.5. The van der Waals surface area contributed by atoms with E-state index in [2.05, 4.69) is 73.4 Å². The minimum atomic E-state index is -0.0760. The Morgan fingerprint density at radius 1 is 0.778 bits per heavy atom. The molecule has 1 aliphatic heterocycles. The van der Waals surface area contributed by atoms with Crippen LogP contribution in [-0.4, -0.2) is 11.6 Å². The summed E-state index contributed by atoms with van der Waals surface area (Å²) >= 11 is 0. The van der Waals surface area contributed by atoms with Crippen LogP contribution in [0.1, 0.15) is 61.3 Å². The van der Waals surface area contributed by atoms with Crippen molar-refractivity contribution in [2.45, 2.75) is 45.4 Å². The predicted octanol–water partition coefficient (Wildman–Crippen LogP) is 8.27. The first-order valence-electron chi connectivity index (χ1n) is 12.8. The Labute approximate surface area is 212 Å². The van der Waals surface area contributed by atoms with Crippen LogP contribution in [0.5, 0.6) is 11.5 Å². The molecule has 1 amide bonds. The summed E-state index contributed by atoms with van der Waals surface area (Å²) in [5.41, 5.74) is 7.48. The van der Waals surface area contributed by atoms with E-state index in [1.165, 1.54) is 11.1 Å². The molecule has 2 aliphatic rings. The molecule has 6 rings (SSSR count). The fraction of sp³-hybridized carbons (Fsp3) is 0.212. The van der Waals surface area contributed by atoms with Crippen LogP contribution in [0.2, 0.25) is 0 Å². The quantitative estimate of drug-likeness (QED) is 0.243. The second-order valence-corrected chi connectivity index (χ2v) is 9.98. The third-order valence-electron chi connectivity index (χ3n) is 7.29. The number of ether oxygens (including phenoxy) is 1. The maximum absolute atomic E-state index is 12.9. The van der Waals surface area contributed by atoms with Crippen molar-refractivity contribution < 1.29 is 9.53 Å². The Morgan fingerprint density at radius 3 is 2.33 bits per heavy atom. The molecule has 0 fully saturated rings. The van der Waals surface area contributed by atoms with Gasteiger partial charge >= 0.3 is 0 Å². The van der Waals surface area contributed by atoms with E-state index >= 15 is 0 Å². The topological polar surface area (TPSA) is 38.7 Å². The van der Waals surface area contributed by atoms with Crippen LogP contribution < -0.4 is 4.74 Å². The summed E-state index contributed by atoms with van der Waals surface area (Å²) in [4.78, 5) is 17.4. The van der Waals surface area contributed by atoms with Crippen LogP contribution in [0.4, 0.5) is 0 Å². The van der Waals surface area contributed by atoms with E-state index in [4.69, 9.17) is 4.74 Å². The first-order valence-corrected chi connectivity index (χ1v) is 12.8. The monoisotopic (exact) mass is 471 g/mol. The third-order valence-corrected chi connectivity index (χ3v) is 7.29. The standard InChI is InChI=1S/C33H29NO2/c1-21(2)23-15-17-24(18-16-23)36-29-20-19-26-30-25(29)13-8-14-27(30)32-31(26)28(33(35)34-32)12-7-6-11-22-9-4-3-5-10-22/h3-5,8-10,13-21H,6-7,11-12H2,1-2H3. The molecule has 0 N–H and O–H groups in total. The van der Waals surface area contributed by atoms with Crippen molar-refractivity contribution in [3.05, 3.63) is 113 Å². The molecule has 4 aromatic carbocycles. The second-order valence-electron chi connectivity index (χ2n) is 9.98. The van der Waals surface area contributed by atoms with Gasteiger partial charge in [-0.15, -0.1) is 0 Å². The highest BCUT2D eigenvalue weighted by molar-refractivity contribution is 6.49. The Bertz CT molecular complexity index is 1530. The number of allylic oxidation sites excluding steroid dienone is 1. The molecule has 0 saturated carbocycles. The van der Waals surface area contributed by atoms with Crippen molar-refractivity contribution >= 4 is 28.0 Å². The van der Waals surface area contributed by atoms with Gasteiger partial charge in [-0.05, 0) is 72.6 Å². The van der Waals surface area contributed by atoms with Crippen LogP contribution in [0, 0.1) is 0 Å². The highest BCUT2D eigenvalue weighted by Crippen LogP contribution is 2.46. The fourth-order valence-corrected chi connectivity index (χ4v) is 5.39. The number of amides is 1. The largest absolute Gasteiger partial charge is 0.457 e. The molecule has 0 bridgehead atoms. The first-order chi connectivity index (χ1) is 17.6. The van der Waals surface area contributed by atoms with E-state index in [1.54, 1.807) is 0 Å². The van der Waals surface area contributed by atoms with Crippen LogP contribution in [0.25, 0.3) is 16.3 Å². The van der Waals surface area contributed by atoms with Gasteiger partial charge in [0.15, 0.2) is 0 Å². The number of fused-ring (bicyclic) bond motifs is 3. The van der Waals surface area contributed by atoms with E-state index in [1.807, 2.05) is 30.3 Å². The van der Waals surface area contributed by atoms with Gasteiger partial charge in [-0.1, -0.05) is 74.5 Å². The lowest BCUT2D eigenvalue weighted by molar-refractivity contribution is -0.114. The average Bonchev–Trinajstić information content (AvgIpc) is 3.38. The van der Waals surface area contributed by atoms with Crippen molar-refractivity contribution in [2.24, 2.45) is 4.99 Å². The van der Waals surface area contributed by atoms with Gasteiger partial charge in [-0.3, -0.25) is 4.79 Å². The van der Waals surface area contributed by atoms with Gasteiger partial charge in [0.25, 0.3) is 5.91 Å². The Morgan fingerprint density at radius 2 is 1.56 bits per heavy atom. The van der Waals surface area contributed by atoms with Crippen molar-refractivity contribution in [3.63, 3.8) is 0 Å². The van der Waals surface area contributed by atoms with Gasteiger partial charge in [0.1, 0.15) is 11.5 Å². The summed E-state index contributed by atoms with van der Waals surface area (Å²) in [5.74, 6) is 2.06. The summed E-state index contributed by atoms with van der Waals surface area (Å²) in [6.07, 6.45) is 3.80. The van der Waals surface area contributed by atoms with Crippen molar-refractivity contribution in [1.82, 2.24) is 0 Å². The van der Waals surface area contributed by atoms with Crippen LogP contribution >= 0.6 is 0 Å². The molecule has 1 heterocycles. The maximum Gasteiger partial charge on any atom is 0.274 e. The van der Waals surface area contributed by atoms with E-state index < -0.39 is 0 Å². The van der Waals surface area contributed by atoms with E-state index in [-0.39, 0.29) is 5.91 Å². The summed E-state index contributed by atoms with van der Waals surface area (Å²) in [7, 11) is 0. The number of aliphatic imine (C=N–C) groups is 1. The van der Waals surface area contributed by atoms with Gasteiger partial charge < -0.3 is 4.74 Å². The van der Waals surface area contributed by atoms with E-state index in [0.29, 0.717) is 5.92 Å². The lowest BCUT2D eigenvalue weighted by atomic mass is 9.96. The minimum absolute atomic E-state index is 0.0760. The highest BCUT2D eigenvalue weighted by atomic mass is 16.5. The second kappa shape index (κ2) is 9.23. The van der Waals surface area contributed by atoms with Gasteiger partial charge in [-0.25, -0.2) is 4.99 Å². The number of aryl methyl sites for hydroxylation is 1. The smallest absolute Gasteiger partial charge is 0.274 e. The van der Waals surface area contributed by atoms with E-state index in [0.717, 1.165) is 75.9 Å². The van der Waals surface area contributed by atoms with E-state index in [9.17, 15) is 4.79 Å². The summed E-state index contributed by atoms with van der Waals surface area (Å²) < 4.78 is 6.33. The van der Waals surface area contributed by atoms with Gasteiger partial charge in [-0.2, -0.15) is 0 Å². The lowest BCUT2D eigenvalue weighted by Gasteiger charge is -2.12. The molecule has 3 nitrogen and oxygen atoms in total. The molecule has 0 aromatic heterocycles. The average molecular weight is 472 g/mol. The van der Waals surface area contributed by atoms with Crippen molar-refractivity contribution in [3.8, 4) is 11.5 Å². The highest BCUT2D eigenvalue weighted by Gasteiger charge is 2.35. The molecule has 0 atom stereocenters. The SMILES string of the molecule is CC(C)c1ccc(Oc2ccc3c4c(cccc24)C2=NC(=O)C(CCCCc4ccccc4)=C23)cc1. The number of benzene rings is 4. The van der Waals surface area contributed by atoms with Crippen molar-refractivity contribution in [1.29, 1.82) is 0 Å². The summed E-state index contributed by atoms with van der Waals surface area (Å²) in [6, 6.07) is 29.2. The summed E-state index contributed by atoms with van der Waals surface area (Å²) in [5, 5.41) is 2.19. The van der Waals surface area contributed by atoms with Gasteiger partial charge in [0.05, 0.1) is 5.71 Å². The zero-order chi connectivity index (χ0) is 24.6. The number of rotatable bonds is 8. The molecular weight excluding hydrogens is 442 g/mol. The molecule has 36 heavy (non-hydrogen) atoms. The molecule has 3 heteroatoms. The summed E-state index contributed by atoms with van der Waals surface area (Å²) in [6.45, 7) is 4.38. The number of hydrogen-bond acceptors (Lipinski definition) is 2. The lowest BCUT2D eigenvalue weighted by Crippen LogP contribution is -1.98. The van der Waals surface area contributed by atoms with Crippen LogP contribution in [0.3, 0.4) is 0 Å². The predicted molar refractivity (Wildman–Crippen MR) is 147 cm³/mol. The molecule has 0 unspecified atom stereocenters. The molecule has 0 radical (unpaired) electrons. The number of carbonyl (C=O) groups excluding carboxylic acids is 1. The molecule has 178 valence electrons. The normalized spacial score (nSPS) is 14.1. The molecule has 4 aromatic rings. The molecular formula is C33H29NO2. The molecule has 0 spiro atoms. The van der Waals surface area contributed by atoms with Crippen LogP contribution in [-0.2, 0) is 11.2 Å². The van der Waals surface area contributed by atoms with Crippen LogP contribution in [0.15, 0.2) is 95.5 Å². The van der Waals surface area contributed by atoms with Gasteiger partial charge in [0, 0.05) is 27.5 Å². The third kappa shape index (κ3) is 3.95. The van der Waals surface area contributed by atoms with Crippen molar-refractivity contribution in [2.75, 3.05) is 0 Å². The number of hydrogen-bond donors (Lipinski definition) is 0. The molecule has 0 saturated heterocycles. The number of carbonyl (C=O) groups is 1. The maximum atomic E-state index is 12.9. The Balaban J connectivity index is 1.29. The van der Waals surface area contributed by atoms with Gasteiger partial charge in [0.2, 0.25) is 0 Å². The Hall–Kier alpha value is -3.98. The minimum Gasteiger partial charge on any atom is -0.457 e.